The highest BCUT2D eigenvalue weighted by atomic mass is 15.2. The van der Waals surface area contributed by atoms with E-state index in [0.717, 1.165) is 19.5 Å². The number of benzene rings is 1. The summed E-state index contributed by atoms with van der Waals surface area (Å²) < 4.78 is 0. The quantitative estimate of drug-likeness (QED) is 0.884. The lowest BCUT2D eigenvalue weighted by Gasteiger charge is -2.39. The largest absolute Gasteiger partial charge is 0.369 e. The van der Waals surface area contributed by atoms with Crippen LogP contribution in [0.2, 0.25) is 0 Å². The average Bonchev–Trinajstić information content (AvgIpc) is 2.37. The van der Waals surface area contributed by atoms with Crippen LogP contribution in [0.4, 0.5) is 5.69 Å². The number of nitrogens with zero attached hydrogens (tertiary/aromatic N) is 1. The lowest BCUT2D eigenvalue weighted by Crippen LogP contribution is -2.40. The lowest BCUT2D eigenvalue weighted by molar-refractivity contribution is 0.342. The average molecular weight is 246 g/mol. The van der Waals surface area contributed by atoms with Crippen LogP contribution in [0.15, 0.2) is 24.3 Å². The summed E-state index contributed by atoms with van der Waals surface area (Å²) in [5, 5.41) is 0. The zero-order chi connectivity index (χ0) is 13.2. The minimum atomic E-state index is 0.242. The van der Waals surface area contributed by atoms with E-state index in [1.54, 1.807) is 0 Å². The third-order valence-electron chi connectivity index (χ3n) is 4.25. The number of hydrogen-bond acceptors (Lipinski definition) is 2. The molecule has 1 heterocycles. The van der Waals surface area contributed by atoms with Crippen molar-refractivity contribution >= 4 is 5.69 Å². The fourth-order valence-corrected chi connectivity index (χ4v) is 2.63. The first-order valence-electron chi connectivity index (χ1n) is 7.08. The number of aryl methyl sites for hydroxylation is 1. The molecule has 1 aliphatic heterocycles. The van der Waals surface area contributed by atoms with Gasteiger partial charge in [-0.25, -0.2) is 0 Å². The number of fused-ring (bicyclic) bond motifs is 1. The summed E-state index contributed by atoms with van der Waals surface area (Å²) in [6.07, 6.45) is 3.64. The van der Waals surface area contributed by atoms with Gasteiger partial charge in [0.15, 0.2) is 0 Å². The molecular formula is C16H26N2. The maximum atomic E-state index is 5.83. The van der Waals surface area contributed by atoms with E-state index in [9.17, 15) is 0 Å². The van der Waals surface area contributed by atoms with Gasteiger partial charge in [0, 0.05) is 18.3 Å². The molecule has 2 heteroatoms. The molecule has 0 saturated carbocycles. The van der Waals surface area contributed by atoms with Crippen molar-refractivity contribution in [3.63, 3.8) is 0 Å². The molecule has 0 amide bonds. The molecule has 1 aromatic rings. The number of anilines is 1. The zero-order valence-corrected chi connectivity index (χ0v) is 11.9. The Morgan fingerprint density at radius 3 is 2.78 bits per heavy atom. The molecule has 1 aromatic carbocycles. The first-order valence-corrected chi connectivity index (χ1v) is 7.08. The Morgan fingerprint density at radius 1 is 1.33 bits per heavy atom. The van der Waals surface area contributed by atoms with Gasteiger partial charge >= 0.3 is 0 Å². The summed E-state index contributed by atoms with van der Waals surface area (Å²) in [7, 11) is 0. The molecular weight excluding hydrogens is 220 g/mol. The first kappa shape index (κ1) is 13.4. The molecule has 0 aromatic heterocycles. The molecule has 2 rings (SSSR count). The number of para-hydroxylation sites is 1. The summed E-state index contributed by atoms with van der Waals surface area (Å²) in [4.78, 5) is 2.57. The van der Waals surface area contributed by atoms with Gasteiger partial charge in [0.2, 0.25) is 0 Å². The second-order valence-electron chi connectivity index (χ2n) is 6.33. The summed E-state index contributed by atoms with van der Waals surface area (Å²) in [5.41, 5.74) is 9.01. The van der Waals surface area contributed by atoms with E-state index in [4.69, 9.17) is 5.73 Å². The monoisotopic (exact) mass is 246 g/mol. The van der Waals surface area contributed by atoms with Crippen molar-refractivity contribution in [1.82, 2.24) is 0 Å². The number of nitrogens with two attached hydrogens (primary N) is 1. The van der Waals surface area contributed by atoms with Crippen LogP contribution < -0.4 is 10.6 Å². The van der Waals surface area contributed by atoms with Crippen LogP contribution in [-0.2, 0) is 6.42 Å². The van der Waals surface area contributed by atoms with Crippen molar-refractivity contribution in [1.29, 1.82) is 0 Å². The molecule has 1 unspecified atom stereocenters. The smallest absolute Gasteiger partial charge is 0.0401 e. The van der Waals surface area contributed by atoms with Gasteiger partial charge in [-0.1, -0.05) is 32.0 Å². The Kier molecular flexibility index (Phi) is 3.96. The van der Waals surface area contributed by atoms with Crippen molar-refractivity contribution < 1.29 is 0 Å². The van der Waals surface area contributed by atoms with Gasteiger partial charge in [0.1, 0.15) is 0 Å². The highest BCUT2D eigenvalue weighted by molar-refractivity contribution is 5.56. The highest BCUT2D eigenvalue weighted by Crippen LogP contribution is 2.31. The van der Waals surface area contributed by atoms with Crippen LogP contribution in [0.5, 0.6) is 0 Å². The lowest BCUT2D eigenvalue weighted by atomic mass is 9.88. The summed E-state index contributed by atoms with van der Waals surface area (Å²) >= 11 is 0. The van der Waals surface area contributed by atoms with E-state index >= 15 is 0 Å². The van der Waals surface area contributed by atoms with Crippen LogP contribution in [-0.4, -0.2) is 19.1 Å². The molecule has 1 atom stereocenters. The van der Waals surface area contributed by atoms with E-state index in [1.807, 2.05) is 0 Å². The molecule has 18 heavy (non-hydrogen) atoms. The van der Waals surface area contributed by atoms with Crippen molar-refractivity contribution in [3.8, 4) is 0 Å². The first-order chi connectivity index (χ1) is 8.53. The van der Waals surface area contributed by atoms with Crippen molar-refractivity contribution in [2.24, 2.45) is 11.1 Å². The fraction of sp³-hybridized carbons (Fsp3) is 0.625. The molecule has 0 fully saturated rings. The van der Waals surface area contributed by atoms with E-state index in [0.29, 0.717) is 6.04 Å². The van der Waals surface area contributed by atoms with E-state index < -0.39 is 0 Å². The molecule has 0 bridgehead atoms. The second kappa shape index (κ2) is 5.31. The van der Waals surface area contributed by atoms with Gasteiger partial charge in [0.25, 0.3) is 0 Å². The SMILES string of the molecule is CC1CCc2ccccc2N1CCC(C)(C)CN. The minimum Gasteiger partial charge on any atom is -0.369 e. The Hall–Kier alpha value is -1.02. The van der Waals surface area contributed by atoms with E-state index in [2.05, 4.69) is 49.9 Å². The maximum absolute atomic E-state index is 5.83. The van der Waals surface area contributed by atoms with Gasteiger partial charge in [-0.3, -0.25) is 0 Å². The highest BCUT2D eigenvalue weighted by Gasteiger charge is 2.24. The topological polar surface area (TPSA) is 29.3 Å². The second-order valence-corrected chi connectivity index (χ2v) is 6.33. The van der Waals surface area contributed by atoms with Crippen molar-refractivity contribution in [2.45, 2.75) is 46.1 Å². The Labute approximate surface area is 111 Å². The van der Waals surface area contributed by atoms with Gasteiger partial charge in [-0.15, -0.1) is 0 Å². The molecule has 1 aliphatic rings. The third kappa shape index (κ3) is 2.86. The summed E-state index contributed by atoms with van der Waals surface area (Å²) in [5.74, 6) is 0. The van der Waals surface area contributed by atoms with Gasteiger partial charge in [0.05, 0.1) is 0 Å². The van der Waals surface area contributed by atoms with Crippen LogP contribution in [0.25, 0.3) is 0 Å². The minimum absolute atomic E-state index is 0.242. The normalized spacial score (nSPS) is 19.8. The molecule has 100 valence electrons. The summed E-state index contributed by atoms with van der Waals surface area (Å²) in [6.45, 7) is 8.73. The van der Waals surface area contributed by atoms with Gasteiger partial charge in [-0.05, 0) is 49.8 Å². The molecule has 0 radical (unpaired) electrons. The Bertz CT molecular complexity index is 398. The summed E-state index contributed by atoms with van der Waals surface area (Å²) in [6, 6.07) is 9.48. The zero-order valence-electron chi connectivity index (χ0n) is 11.9. The molecule has 2 N–H and O–H groups in total. The van der Waals surface area contributed by atoms with Gasteiger partial charge < -0.3 is 10.6 Å². The molecule has 0 saturated heterocycles. The third-order valence-corrected chi connectivity index (χ3v) is 4.25. The van der Waals surface area contributed by atoms with Crippen molar-refractivity contribution in [3.05, 3.63) is 29.8 Å². The number of hydrogen-bond donors (Lipinski definition) is 1. The van der Waals surface area contributed by atoms with Crippen LogP contribution >= 0.6 is 0 Å². The molecule has 0 aliphatic carbocycles. The van der Waals surface area contributed by atoms with Crippen LogP contribution in [0.3, 0.4) is 0 Å². The standard InChI is InChI=1S/C16H26N2/c1-13-8-9-14-6-4-5-7-15(14)18(13)11-10-16(2,3)12-17/h4-7,13H,8-12,17H2,1-3H3. The maximum Gasteiger partial charge on any atom is 0.0401 e. The van der Waals surface area contributed by atoms with E-state index in [-0.39, 0.29) is 5.41 Å². The Balaban J connectivity index is 2.12. The molecule has 0 spiro atoms. The van der Waals surface area contributed by atoms with Crippen LogP contribution in [0, 0.1) is 5.41 Å². The predicted octanol–water partition coefficient (Wildman–Crippen LogP) is 3.20. The van der Waals surface area contributed by atoms with Crippen molar-refractivity contribution in [2.75, 3.05) is 18.0 Å². The van der Waals surface area contributed by atoms with Crippen LogP contribution in [0.1, 0.15) is 39.2 Å². The fourth-order valence-electron chi connectivity index (χ4n) is 2.63. The van der Waals surface area contributed by atoms with E-state index in [1.165, 1.54) is 24.1 Å². The number of rotatable bonds is 4. The Morgan fingerprint density at radius 2 is 2.06 bits per heavy atom. The predicted molar refractivity (Wildman–Crippen MR) is 79.0 cm³/mol. The molecule has 2 nitrogen and oxygen atoms in total. The van der Waals surface area contributed by atoms with Gasteiger partial charge in [-0.2, -0.15) is 0 Å².